The molecule has 156 valence electrons. The molecule has 0 radical (unpaired) electrons. The first-order chi connectivity index (χ1) is 13.8. The lowest BCUT2D eigenvalue weighted by molar-refractivity contribution is -0.140. The predicted octanol–water partition coefficient (Wildman–Crippen LogP) is 1.68. The van der Waals surface area contributed by atoms with E-state index in [0.717, 1.165) is 18.2 Å². The third kappa shape index (κ3) is 6.31. The average Bonchev–Trinajstić information content (AvgIpc) is 2.71. The number of carbonyl (C=O) groups is 3. The molecule has 0 bridgehead atoms. The number of hydrogen-bond acceptors (Lipinski definition) is 7. The Morgan fingerprint density at radius 2 is 2.00 bits per heavy atom. The third-order valence-corrected chi connectivity index (χ3v) is 5.15. The van der Waals surface area contributed by atoms with E-state index in [4.69, 9.17) is 0 Å². The molecule has 0 aliphatic heterocycles. The fourth-order valence-corrected chi connectivity index (χ4v) is 3.24. The zero-order chi connectivity index (χ0) is 21.4. The molecule has 0 saturated heterocycles. The third-order valence-electron chi connectivity index (χ3n) is 4.17. The van der Waals surface area contributed by atoms with Crippen LogP contribution in [0.25, 0.3) is 10.9 Å². The van der Waals surface area contributed by atoms with Crippen LogP contribution in [0.4, 0.5) is 4.79 Å². The van der Waals surface area contributed by atoms with Gasteiger partial charge in [-0.3, -0.25) is 24.3 Å². The Hall–Kier alpha value is -2.88. The molecule has 2 rings (SSSR count). The maximum Gasteiger partial charge on any atom is 0.321 e. The number of fused-ring (bicyclic) bond motifs is 1. The van der Waals surface area contributed by atoms with Gasteiger partial charge < -0.3 is 10.1 Å². The average molecular weight is 420 g/mol. The van der Waals surface area contributed by atoms with E-state index in [1.54, 1.807) is 24.3 Å². The molecule has 9 nitrogen and oxygen atoms in total. The number of rotatable bonds is 8. The van der Waals surface area contributed by atoms with E-state index in [2.05, 4.69) is 20.4 Å². The molecule has 0 saturated carbocycles. The summed E-state index contributed by atoms with van der Waals surface area (Å²) in [4.78, 5) is 52.6. The second-order valence-electron chi connectivity index (χ2n) is 6.31. The monoisotopic (exact) mass is 420 g/mol. The summed E-state index contributed by atoms with van der Waals surface area (Å²) < 4.78 is 5.98. The Morgan fingerprint density at radius 3 is 2.69 bits per heavy atom. The normalized spacial score (nSPS) is 11.7. The van der Waals surface area contributed by atoms with E-state index in [-0.39, 0.29) is 35.5 Å². The van der Waals surface area contributed by atoms with Gasteiger partial charge in [-0.1, -0.05) is 30.8 Å². The number of esters is 1. The molecule has 1 aromatic heterocycles. The first-order valence-corrected chi connectivity index (χ1v) is 10.1. The van der Waals surface area contributed by atoms with Crippen LogP contribution in [-0.4, -0.2) is 46.4 Å². The van der Waals surface area contributed by atoms with Gasteiger partial charge in [0.1, 0.15) is 0 Å². The second kappa shape index (κ2) is 10.6. The number of para-hydroxylation sites is 1. The van der Waals surface area contributed by atoms with Gasteiger partial charge >= 0.3 is 12.0 Å². The lowest BCUT2D eigenvalue weighted by atomic mass is 10.2. The number of carbonyl (C=O) groups excluding carboxylic acids is 3. The number of hydrogen-bond donors (Lipinski definition) is 2. The van der Waals surface area contributed by atoms with Crippen LogP contribution in [0.1, 0.15) is 26.7 Å². The van der Waals surface area contributed by atoms with Crippen molar-refractivity contribution < 1.29 is 19.1 Å². The highest BCUT2D eigenvalue weighted by atomic mass is 32.2. The number of thioether (sulfide) groups is 1. The highest BCUT2D eigenvalue weighted by Crippen LogP contribution is 2.18. The van der Waals surface area contributed by atoms with Crippen LogP contribution >= 0.6 is 11.8 Å². The Bertz CT molecular complexity index is 959. The summed E-state index contributed by atoms with van der Waals surface area (Å²) in [7, 11) is 1.27. The maximum absolute atomic E-state index is 12.8. The number of nitrogens with one attached hydrogen (secondary N) is 2. The van der Waals surface area contributed by atoms with Crippen molar-refractivity contribution >= 4 is 40.6 Å². The molecule has 0 aliphatic rings. The Kier molecular flexibility index (Phi) is 8.20. The van der Waals surface area contributed by atoms with Crippen molar-refractivity contribution in [2.75, 3.05) is 12.9 Å². The van der Waals surface area contributed by atoms with Gasteiger partial charge in [0.25, 0.3) is 5.56 Å². The standard InChI is InChI=1S/C19H24N4O5S/c1-4-12(2)20-18(27)22-15(24)11-29-19-21-14-8-6-5-7-13(14)17(26)23(19)10-9-16(25)28-3/h5-8,12H,4,9-11H2,1-3H3,(H2,20,22,24,27)/t12-/m1/s1. The van der Waals surface area contributed by atoms with E-state index in [9.17, 15) is 19.2 Å². The predicted molar refractivity (Wildman–Crippen MR) is 110 cm³/mol. The number of urea groups is 1. The number of benzene rings is 1. The molecule has 0 unspecified atom stereocenters. The van der Waals surface area contributed by atoms with Gasteiger partial charge in [-0.25, -0.2) is 9.78 Å². The second-order valence-corrected chi connectivity index (χ2v) is 7.26. The lowest BCUT2D eigenvalue weighted by Gasteiger charge is -2.13. The maximum atomic E-state index is 12.8. The Labute approximate surface area is 172 Å². The number of nitrogens with zero attached hydrogens (tertiary/aromatic N) is 2. The van der Waals surface area contributed by atoms with Crippen LogP contribution in [0.15, 0.2) is 34.2 Å². The van der Waals surface area contributed by atoms with Gasteiger partial charge in [0.05, 0.1) is 30.2 Å². The zero-order valence-corrected chi connectivity index (χ0v) is 17.4. The van der Waals surface area contributed by atoms with Crippen molar-refractivity contribution in [2.45, 2.75) is 44.4 Å². The van der Waals surface area contributed by atoms with Crippen LogP contribution in [0.3, 0.4) is 0 Å². The minimum absolute atomic E-state index is 0.00645. The fraction of sp³-hybridized carbons (Fsp3) is 0.421. The minimum Gasteiger partial charge on any atom is -0.469 e. The Balaban J connectivity index is 2.17. The quantitative estimate of drug-likeness (QED) is 0.379. The molecule has 0 aliphatic carbocycles. The summed E-state index contributed by atoms with van der Waals surface area (Å²) in [6.07, 6.45) is 0.733. The van der Waals surface area contributed by atoms with Crippen molar-refractivity contribution in [3.63, 3.8) is 0 Å². The van der Waals surface area contributed by atoms with E-state index in [1.807, 2.05) is 13.8 Å². The summed E-state index contributed by atoms with van der Waals surface area (Å²) in [5.74, 6) is -1.09. The topological polar surface area (TPSA) is 119 Å². The first-order valence-electron chi connectivity index (χ1n) is 9.15. The molecule has 1 atom stereocenters. The number of amides is 3. The van der Waals surface area contributed by atoms with E-state index in [1.165, 1.54) is 11.7 Å². The Morgan fingerprint density at radius 1 is 1.28 bits per heavy atom. The number of methoxy groups -OCH3 is 1. The zero-order valence-electron chi connectivity index (χ0n) is 16.6. The molecule has 0 spiro atoms. The van der Waals surface area contributed by atoms with Crippen LogP contribution in [0.2, 0.25) is 0 Å². The molecule has 2 aromatic rings. The van der Waals surface area contributed by atoms with Crippen LogP contribution < -0.4 is 16.2 Å². The SMILES string of the molecule is CC[C@@H](C)NC(=O)NC(=O)CSc1nc2ccccc2c(=O)n1CCC(=O)OC. The van der Waals surface area contributed by atoms with Gasteiger partial charge in [-0.05, 0) is 25.5 Å². The summed E-state index contributed by atoms with van der Waals surface area (Å²) in [5, 5.41) is 5.59. The van der Waals surface area contributed by atoms with Gasteiger partial charge in [-0.15, -0.1) is 0 Å². The summed E-state index contributed by atoms with van der Waals surface area (Å²) >= 11 is 1.02. The number of imide groups is 1. The lowest BCUT2D eigenvalue weighted by Crippen LogP contribution is -2.44. The minimum atomic E-state index is -0.570. The van der Waals surface area contributed by atoms with Gasteiger partial charge in [0, 0.05) is 12.6 Å². The highest BCUT2D eigenvalue weighted by Gasteiger charge is 2.16. The molecule has 1 heterocycles. The number of aromatic nitrogens is 2. The molecular formula is C19H24N4O5S. The fourth-order valence-electron chi connectivity index (χ4n) is 2.41. The molecule has 1 aromatic carbocycles. The molecule has 3 amide bonds. The van der Waals surface area contributed by atoms with Gasteiger partial charge in [-0.2, -0.15) is 0 Å². The molecule has 0 fully saturated rings. The largest absolute Gasteiger partial charge is 0.469 e. The van der Waals surface area contributed by atoms with Gasteiger partial charge in [0.2, 0.25) is 5.91 Å². The highest BCUT2D eigenvalue weighted by molar-refractivity contribution is 7.99. The van der Waals surface area contributed by atoms with Crippen molar-refractivity contribution in [1.82, 2.24) is 20.2 Å². The van der Waals surface area contributed by atoms with Crippen LogP contribution in [-0.2, 0) is 20.9 Å². The number of ether oxygens (including phenoxy) is 1. The molecule has 29 heavy (non-hydrogen) atoms. The van der Waals surface area contributed by atoms with Gasteiger partial charge in [0.15, 0.2) is 5.16 Å². The summed E-state index contributed by atoms with van der Waals surface area (Å²) in [5.41, 5.74) is 0.182. The van der Waals surface area contributed by atoms with E-state index in [0.29, 0.717) is 10.9 Å². The van der Waals surface area contributed by atoms with E-state index >= 15 is 0 Å². The first kappa shape index (κ1) is 22.4. The smallest absolute Gasteiger partial charge is 0.321 e. The van der Waals surface area contributed by atoms with Crippen LogP contribution in [0, 0.1) is 0 Å². The van der Waals surface area contributed by atoms with E-state index < -0.39 is 17.9 Å². The molecular weight excluding hydrogens is 396 g/mol. The summed E-state index contributed by atoms with van der Waals surface area (Å²) in [6, 6.07) is 6.21. The van der Waals surface area contributed by atoms with Crippen molar-refractivity contribution in [1.29, 1.82) is 0 Å². The van der Waals surface area contributed by atoms with Crippen molar-refractivity contribution in [3.05, 3.63) is 34.6 Å². The van der Waals surface area contributed by atoms with Crippen LogP contribution in [0.5, 0.6) is 0 Å². The van der Waals surface area contributed by atoms with Crippen molar-refractivity contribution in [2.24, 2.45) is 0 Å². The summed E-state index contributed by atoms with van der Waals surface area (Å²) in [6.45, 7) is 3.82. The molecule has 2 N–H and O–H groups in total. The molecule has 10 heteroatoms. The van der Waals surface area contributed by atoms with Crippen molar-refractivity contribution in [3.8, 4) is 0 Å².